The zero-order chi connectivity index (χ0) is 18.5. The van der Waals surface area contributed by atoms with Crippen molar-refractivity contribution in [3.05, 3.63) is 47.7 Å². The van der Waals surface area contributed by atoms with Gasteiger partial charge in [0.2, 0.25) is 12.7 Å². The van der Waals surface area contributed by atoms with Crippen LogP contribution in [0.1, 0.15) is 24.0 Å². The molecule has 7 nitrogen and oxygen atoms in total. The van der Waals surface area contributed by atoms with Gasteiger partial charge in [0.05, 0.1) is 6.61 Å². The summed E-state index contributed by atoms with van der Waals surface area (Å²) in [4.78, 5) is 8.62. The van der Waals surface area contributed by atoms with Crippen molar-refractivity contribution in [2.45, 2.75) is 25.9 Å². The van der Waals surface area contributed by atoms with Gasteiger partial charge in [0.15, 0.2) is 17.5 Å². The number of aliphatic imine (C=N–C) groups is 1. The van der Waals surface area contributed by atoms with Gasteiger partial charge in [-0.1, -0.05) is 12.1 Å². The van der Waals surface area contributed by atoms with Gasteiger partial charge in [-0.25, -0.2) is 4.98 Å². The van der Waals surface area contributed by atoms with E-state index in [9.17, 15) is 0 Å². The minimum absolute atomic E-state index is 0.286. The van der Waals surface area contributed by atoms with E-state index in [-0.39, 0.29) is 6.79 Å². The highest BCUT2D eigenvalue weighted by Crippen LogP contribution is 2.32. The van der Waals surface area contributed by atoms with Crippen molar-refractivity contribution in [1.29, 1.82) is 0 Å². The van der Waals surface area contributed by atoms with Crippen LogP contribution in [-0.4, -0.2) is 31.4 Å². The first kappa shape index (κ1) is 17.5. The van der Waals surface area contributed by atoms with Gasteiger partial charge in [-0.05, 0) is 42.0 Å². The number of fused-ring (bicyclic) bond motifs is 1. The third-order valence-corrected chi connectivity index (χ3v) is 4.54. The van der Waals surface area contributed by atoms with Crippen molar-refractivity contribution < 1.29 is 14.2 Å². The molecular formula is C20H24N4O3. The summed E-state index contributed by atoms with van der Waals surface area (Å²) in [5.41, 5.74) is 2.17. The van der Waals surface area contributed by atoms with Gasteiger partial charge in [0.25, 0.3) is 0 Å². The third-order valence-electron chi connectivity index (χ3n) is 4.54. The fraction of sp³-hybridized carbons (Fsp3) is 0.400. The highest BCUT2D eigenvalue weighted by atomic mass is 16.7. The van der Waals surface area contributed by atoms with E-state index in [4.69, 9.17) is 14.2 Å². The molecule has 1 fully saturated rings. The Morgan fingerprint density at radius 3 is 2.63 bits per heavy atom. The molecule has 27 heavy (non-hydrogen) atoms. The first-order chi connectivity index (χ1) is 13.3. The molecule has 1 aromatic heterocycles. The van der Waals surface area contributed by atoms with E-state index >= 15 is 0 Å². The molecule has 142 valence electrons. The molecule has 1 aliphatic heterocycles. The summed E-state index contributed by atoms with van der Waals surface area (Å²) in [5, 5.41) is 6.59. The van der Waals surface area contributed by atoms with Crippen molar-refractivity contribution in [2.75, 3.05) is 20.4 Å². The largest absolute Gasteiger partial charge is 0.477 e. The number of rotatable bonds is 7. The molecule has 2 N–H and O–H groups in total. The van der Waals surface area contributed by atoms with Crippen LogP contribution in [0.2, 0.25) is 0 Å². The van der Waals surface area contributed by atoms with Crippen LogP contribution in [0.5, 0.6) is 17.4 Å². The first-order valence-electron chi connectivity index (χ1n) is 9.21. The second-order valence-electron chi connectivity index (χ2n) is 6.73. The van der Waals surface area contributed by atoms with Crippen molar-refractivity contribution in [2.24, 2.45) is 10.9 Å². The van der Waals surface area contributed by atoms with Crippen LogP contribution in [0.3, 0.4) is 0 Å². The van der Waals surface area contributed by atoms with E-state index in [2.05, 4.69) is 20.6 Å². The Labute approximate surface area is 158 Å². The van der Waals surface area contributed by atoms with Crippen LogP contribution in [0, 0.1) is 5.92 Å². The average Bonchev–Trinajstić information content (AvgIpc) is 3.42. The van der Waals surface area contributed by atoms with E-state index in [0.717, 1.165) is 41.1 Å². The summed E-state index contributed by atoms with van der Waals surface area (Å²) in [5.74, 6) is 3.72. The van der Waals surface area contributed by atoms with Gasteiger partial charge in [0.1, 0.15) is 0 Å². The predicted octanol–water partition coefficient (Wildman–Crippen LogP) is 2.46. The quantitative estimate of drug-likeness (QED) is 0.578. The summed E-state index contributed by atoms with van der Waals surface area (Å²) in [6.07, 6.45) is 4.39. The van der Waals surface area contributed by atoms with Gasteiger partial charge in [-0.3, -0.25) is 4.99 Å². The Bertz CT molecular complexity index is 803. The van der Waals surface area contributed by atoms with Gasteiger partial charge < -0.3 is 24.8 Å². The normalized spacial score (nSPS) is 15.5. The van der Waals surface area contributed by atoms with Crippen molar-refractivity contribution in [1.82, 2.24) is 15.6 Å². The molecule has 0 saturated heterocycles. The van der Waals surface area contributed by atoms with E-state index < -0.39 is 0 Å². The molecule has 0 bridgehead atoms. The molecule has 0 radical (unpaired) electrons. The SMILES string of the molecule is CN=C(NCc1ccc(OCC2CC2)nc1)NCc1ccc2c(c1)OCO2. The number of hydrogen-bond donors (Lipinski definition) is 2. The molecule has 0 unspecified atom stereocenters. The molecule has 1 aromatic carbocycles. The summed E-state index contributed by atoms with van der Waals surface area (Å²) in [6, 6.07) is 9.86. The predicted molar refractivity (Wildman–Crippen MR) is 102 cm³/mol. The Balaban J connectivity index is 1.24. The standard InChI is InChI=1S/C20H24N4O3/c1-21-20(23-9-15-4-6-17-18(8-15)27-13-26-17)24-11-16-5-7-19(22-10-16)25-12-14-2-3-14/h4-8,10,14H,2-3,9,11-13H2,1H3,(H2,21,23,24). The Morgan fingerprint density at radius 1 is 1.11 bits per heavy atom. The van der Waals surface area contributed by atoms with Crippen LogP contribution in [0.15, 0.2) is 41.5 Å². The molecule has 4 rings (SSSR count). The third kappa shape index (κ3) is 4.81. The minimum Gasteiger partial charge on any atom is -0.477 e. The first-order valence-corrected chi connectivity index (χ1v) is 9.21. The van der Waals surface area contributed by atoms with Crippen molar-refractivity contribution in [3.63, 3.8) is 0 Å². The Kier molecular flexibility index (Phi) is 5.27. The van der Waals surface area contributed by atoms with Gasteiger partial charge in [-0.2, -0.15) is 0 Å². The number of hydrogen-bond acceptors (Lipinski definition) is 5. The number of aromatic nitrogens is 1. The fourth-order valence-corrected chi connectivity index (χ4v) is 2.73. The van der Waals surface area contributed by atoms with Crippen LogP contribution in [0.4, 0.5) is 0 Å². The summed E-state index contributed by atoms with van der Waals surface area (Å²) < 4.78 is 16.4. The van der Waals surface area contributed by atoms with E-state index in [0.29, 0.717) is 19.0 Å². The van der Waals surface area contributed by atoms with Crippen LogP contribution in [0.25, 0.3) is 0 Å². The Hall–Kier alpha value is -2.96. The molecule has 1 saturated carbocycles. The fourth-order valence-electron chi connectivity index (χ4n) is 2.73. The molecule has 2 aromatic rings. The number of benzene rings is 1. The zero-order valence-corrected chi connectivity index (χ0v) is 15.4. The number of nitrogens with zero attached hydrogens (tertiary/aromatic N) is 2. The number of pyridine rings is 1. The molecule has 7 heteroatoms. The molecule has 2 heterocycles. The lowest BCUT2D eigenvalue weighted by Gasteiger charge is -2.12. The van der Waals surface area contributed by atoms with Crippen LogP contribution < -0.4 is 24.8 Å². The van der Waals surface area contributed by atoms with Crippen molar-refractivity contribution >= 4 is 5.96 Å². The summed E-state index contributed by atoms with van der Waals surface area (Å²) in [7, 11) is 1.75. The molecule has 0 spiro atoms. The zero-order valence-electron chi connectivity index (χ0n) is 15.4. The average molecular weight is 368 g/mol. The molecule has 0 atom stereocenters. The highest BCUT2D eigenvalue weighted by molar-refractivity contribution is 5.79. The van der Waals surface area contributed by atoms with Crippen LogP contribution in [-0.2, 0) is 13.1 Å². The number of guanidine groups is 1. The molecule has 2 aliphatic rings. The van der Waals surface area contributed by atoms with E-state index in [1.807, 2.05) is 36.5 Å². The van der Waals surface area contributed by atoms with Crippen LogP contribution >= 0.6 is 0 Å². The molecule has 1 aliphatic carbocycles. The maximum Gasteiger partial charge on any atom is 0.231 e. The topological polar surface area (TPSA) is 77.0 Å². The second kappa shape index (κ2) is 8.16. The van der Waals surface area contributed by atoms with Gasteiger partial charge in [-0.15, -0.1) is 0 Å². The monoisotopic (exact) mass is 368 g/mol. The van der Waals surface area contributed by atoms with E-state index in [1.165, 1.54) is 12.8 Å². The van der Waals surface area contributed by atoms with Gasteiger partial charge >= 0.3 is 0 Å². The lowest BCUT2D eigenvalue weighted by Crippen LogP contribution is -2.36. The lowest BCUT2D eigenvalue weighted by atomic mass is 10.2. The second-order valence-corrected chi connectivity index (χ2v) is 6.73. The summed E-state index contributed by atoms with van der Waals surface area (Å²) >= 11 is 0. The van der Waals surface area contributed by atoms with Gasteiger partial charge in [0, 0.05) is 32.4 Å². The molecule has 0 amide bonds. The minimum atomic E-state index is 0.286. The Morgan fingerprint density at radius 2 is 1.89 bits per heavy atom. The number of ether oxygens (including phenoxy) is 3. The maximum absolute atomic E-state index is 5.66. The highest BCUT2D eigenvalue weighted by Gasteiger charge is 2.22. The number of nitrogens with one attached hydrogen (secondary N) is 2. The van der Waals surface area contributed by atoms with E-state index in [1.54, 1.807) is 7.05 Å². The van der Waals surface area contributed by atoms with Crippen molar-refractivity contribution in [3.8, 4) is 17.4 Å². The smallest absolute Gasteiger partial charge is 0.231 e. The molecular weight excluding hydrogens is 344 g/mol. The lowest BCUT2D eigenvalue weighted by molar-refractivity contribution is 0.174. The maximum atomic E-state index is 5.66. The summed E-state index contributed by atoms with van der Waals surface area (Å²) in [6.45, 7) is 2.34.